The second kappa shape index (κ2) is 9.33. The van der Waals surface area contributed by atoms with E-state index in [-0.39, 0.29) is 0 Å². The molecule has 0 saturated carbocycles. The van der Waals surface area contributed by atoms with Crippen LogP contribution in [0.25, 0.3) is 82.6 Å². The standard InChI is InChI=1S/C39H24N4/c1-3-11-25(12-4-1)34-21-27(22-35(42-34)26-13-5-2-6-14-26)43-36-18-10-9-16-29(36)32-23-31-28-15-7-8-17-30(28)38-39(41-20-19-40-38)33(31)24-37(32)43/h1-24H. The lowest BCUT2D eigenvalue weighted by Crippen LogP contribution is -1.98. The first-order chi connectivity index (χ1) is 21.3. The summed E-state index contributed by atoms with van der Waals surface area (Å²) in [5.74, 6) is 0. The van der Waals surface area contributed by atoms with Crippen LogP contribution in [-0.2, 0) is 0 Å². The lowest BCUT2D eigenvalue weighted by atomic mass is 9.97. The molecule has 4 heteroatoms. The molecule has 4 nitrogen and oxygen atoms in total. The minimum atomic E-state index is 0.916. The molecule has 0 fully saturated rings. The van der Waals surface area contributed by atoms with E-state index in [9.17, 15) is 0 Å². The zero-order valence-electron chi connectivity index (χ0n) is 23.1. The van der Waals surface area contributed by atoms with Gasteiger partial charge in [0.2, 0.25) is 0 Å². The van der Waals surface area contributed by atoms with Crippen molar-refractivity contribution in [1.82, 2.24) is 19.5 Å². The average molecular weight is 549 g/mol. The van der Waals surface area contributed by atoms with E-state index in [0.29, 0.717) is 0 Å². The second-order valence-corrected chi connectivity index (χ2v) is 10.9. The molecule has 43 heavy (non-hydrogen) atoms. The smallest absolute Gasteiger partial charge is 0.0972 e. The molecule has 0 radical (unpaired) electrons. The largest absolute Gasteiger partial charge is 0.309 e. The van der Waals surface area contributed by atoms with E-state index in [0.717, 1.165) is 61.0 Å². The molecular formula is C39H24N4. The van der Waals surface area contributed by atoms with Crippen LogP contribution in [0.5, 0.6) is 0 Å². The summed E-state index contributed by atoms with van der Waals surface area (Å²) in [6.07, 6.45) is 3.57. The number of fused-ring (bicyclic) bond motifs is 9. The molecule has 0 unspecified atom stereocenters. The van der Waals surface area contributed by atoms with Crippen molar-refractivity contribution in [2.45, 2.75) is 0 Å². The average Bonchev–Trinajstić information content (AvgIpc) is 3.41. The van der Waals surface area contributed by atoms with E-state index in [4.69, 9.17) is 15.0 Å². The highest BCUT2D eigenvalue weighted by Crippen LogP contribution is 2.40. The molecule has 0 atom stereocenters. The van der Waals surface area contributed by atoms with Crippen molar-refractivity contribution in [3.8, 4) is 28.2 Å². The van der Waals surface area contributed by atoms with Crippen LogP contribution in [0.15, 0.2) is 146 Å². The first-order valence-corrected chi connectivity index (χ1v) is 14.5. The van der Waals surface area contributed by atoms with Gasteiger partial charge in [-0.1, -0.05) is 103 Å². The van der Waals surface area contributed by atoms with Crippen molar-refractivity contribution in [2.24, 2.45) is 0 Å². The lowest BCUT2D eigenvalue weighted by molar-refractivity contribution is 1.16. The van der Waals surface area contributed by atoms with Crippen LogP contribution >= 0.6 is 0 Å². The molecule has 3 aromatic heterocycles. The van der Waals surface area contributed by atoms with Gasteiger partial charge in [0, 0.05) is 45.1 Å². The minimum absolute atomic E-state index is 0.916. The van der Waals surface area contributed by atoms with Crippen LogP contribution in [0, 0.1) is 0 Å². The number of para-hydroxylation sites is 1. The molecule has 0 amide bonds. The Hall–Kier alpha value is -5.87. The highest BCUT2D eigenvalue weighted by molar-refractivity contribution is 6.27. The van der Waals surface area contributed by atoms with Gasteiger partial charge in [0.25, 0.3) is 0 Å². The van der Waals surface area contributed by atoms with Crippen molar-refractivity contribution in [3.63, 3.8) is 0 Å². The summed E-state index contributed by atoms with van der Waals surface area (Å²) < 4.78 is 2.38. The maximum Gasteiger partial charge on any atom is 0.0972 e. The van der Waals surface area contributed by atoms with Crippen LogP contribution in [0.4, 0.5) is 0 Å². The lowest BCUT2D eigenvalue weighted by Gasteiger charge is -2.14. The van der Waals surface area contributed by atoms with Gasteiger partial charge in [-0.3, -0.25) is 9.97 Å². The van der Waals surface area contributed by atoms with E-state index in [1.54, 1.807) is 12.4 Å². The molecule has 0 aliphatic heterocycles. The second-order valence-electron chi connectivity index (χ2n) is 10.9. The van der Waals surface area contributed by atoms with Crippen LogP contribution in [0.1, 0.15) is 0 Å². The van der Waals surface area contributed by atoms with Crippen molar-refractivity contribution < 1.29 is 0 Å². The van der Waals surface area contributed by atoms with Gasteiger partial charge in [0.15, 0.2) is 0 Å². The Kier molecular flexibility index (Phi) is 5.16. The Morgan fingerprint density at radius 1 is 0.395 bits per heavy atom. The zero-order valence-corrected chi connectivity index (χ0v) is 23.1. The van der Waals surface area contributed by atoms with Crippen molar-refractivity contribution >= 4 is 54.4 Å². The Bertz CT molecular complexity index is 2440. The van der Waals surface area contributed by atoms with Crippen LogP contribution in [0.2, 0.25) is 0 Å². The third-order valence-electron chi connectivity index (χ3n) is 8.45. The van der Waals surface area contributed by atoms with E-state index in [1.165, 1.54) is 21.5 Å². The molecule has 200 valence electrons. The summed E-state index contributed by atoms with van der Waals surface area (Å²) in [6.45, 7) is 0. The molecule has 0 saturated heterocycles. The summed E-state index contributed by atoms with van der Waals surface area (Å²) in [4.78, 5) is 14.8. The Morgan fingerprint density at radius 2 is 0.953 bits per heavy atom. The first-order valence-electron chi connectivity index (χ1n) is 14.5. The zero-order chi connectivity index (χ0) is 28.3. The fourth-order valence-electron chi connectivity index (χ4n) is 6.53. The highest BCUT2D eigenvalue weighted by Gasteiger charge is 2.18. The Labute approximate surface area is 247 Å². The molecule has 0 bridgehead atoms. The molecule has 0 aliphatic carbocycles. The Morgan fingerprint density at radius 3 is 1.63 bits per heavy atom. The minimum Gasteiger partial charge on any atom is -0.309 e. The maximum atomic E-state index is 5.14. The molecule has 3 heterocycles. The quantitative estimate of drug-likeness (QED) is 0.206. The van der Waals surface area contributed by atoms with Crippen molar-refractivity contribution in [3.05, 3.63) is 146 Å². The summed E-state index contributed by atoms with van der Waals surface area (Å²) in [7, 11) is 0. The van der Waals surface area contributed by atoms with Crippen LogP contribution < -0.4 is 0 Å². The van der Waals surface area contributed by atoms with E-state index in [2.05, 4.69) is 126 Å². The van der Waals surface area contributed by atoms with E-state index >= 15 is 0 Å². The normalized spacial score (nSPS) is 11.7. The number of benzene rings is 6. The molecule has 0 aliphatic rings. The molecule has 0 spiro atoms. The summed E-state index contributed by atoms with van der Waals surface area (Å²) in [6, 6.07) is 47.1. The molecule has 6 aromatic carbocycles. The third-order valence-corrected chi connectivity index (χ3v) is 8.45. The number of nitrogens with zero attached hydrogens (tertiary/aromatic N) is 4. The number of aromatic nitrogens is 4. The number of hydrogen-bond donors (Lipinski definition) is 0. The van der Waals surface area contributed by atoms with Crippen molar-refractivity contribution in [1.29, 1.82) is 0 Å². The Balaban J connectivity index is 1.43. The topological polar surface area (TPSA) is 43.6 Å². The number of rotatable bonds is 3. The first kappa shape index (κ1) is 23.8. The summed E-state index contributed by atoms with van der Waals surface area (Å²) >= 11 is 0. The van der Waals surface area contributed by atoms with Gasteiger partial charge in [-0.2, -0.15) is 0 Å². The fraction of sp³-hybridized carbons (Fsp3) is 0. The molecule has 9 rings (SSSR count). The van der Waals surface area contributed by atoms with Crippen molar-refractivity contribution in [2.75, 3.05) is 0 Å². The van der Waals surface area contributed by atoms with Crippen LogP contribution in [0.3, 0.4) is 0 Å². The molecule has 9 aromatic rings. The van der Waals surface area contributed by atoms with E-state index in [1.807, 2.05) is 12.1 Å². The molecule has 0 N–H and O–H groups in total. The maximum absolute atomic E-state index is 5.14. The summed E-state index contributed by atoms with van der Waals surface area (Å²) in [5.41, 5.74) is 9.22. The van der Waals surface area contributed by atoms with Gasteiger partial charge in [-0.15, -0.1) is 0 Å². The van der Waals surface area contributed by atoms with Gasteiger partial charge < -0.3 is 4.57 Å². The fourth-order valence-corrected chi connectivity index (χ4v) is 6.53. The third kappa shape index (κ3) is 3.67. The number of hydrogen-bond acceptors (Lipinski definition) is 3. The van der Waals surface area contributed by atoms with Gasteiger partial charge in [0.1, 0.15) is 0 Å². The number of pyridine rings is 1. The summed E-state index contributed by atoms with van der Waals surface area (Å²) in [5, 5.41) is 7.00. The molecular weight excluding hydrogens is 524 g/mol. The monoisotopic (exact) mass is 548 g/mol. The van der Waals surface area contributed by atoms with E-state index < -0.39 is 0 Å². The SMILES string of the molecule is c1ccc(-c2cc(-n3c4ccccc4c4cc5c6ccccc6c6nccnc6c5cc43)cc(-c3ccccc3)n2)cc1. The predicted octanol–water partition coefficient (Wildman–Crippen LogP) is 9.76. The van der Waals surface area contributed by atoms with Gasteiger partial charge in [-0.05, 0) is 41.1 Å². The van der Waals surface area contributed by atoms with Gasteiger partial charge in [0.05, 0.1) is 39.1 Å². The highest BCUT2D eigenvalue weighted by atomic mass is 15.0. The predicted molar refractivity (Wildman–Crippen MR) is 178 cm³/mol. The van der Waals surface area contributed by atoms with Gasteiger partial charge in [-0.25, -0.2) is 4.98 Å². The van der Waals surface area contributed by atoms with Crippen LogP contribution in [-0.4, -0.2) is 19.5 Å². The van der Waals surface area contributed by atoms with Gasteiger partial charge >= 0.3 is 0 Å².